The first-order valence-corrected chi connectivity index (χ1v) is 11.6. The van der Waals surface area contributed by atoms with Gasteiger partial charge in [-0.25, -0.2) is 9.78 Å². The summed E-state index contributed by atoms with van der Waals surface area (Å²) in [6.45, 7) is 5.63. The van der Waals surface area contributed by atoms with E-state index in [0.717, 1.165) is 16.8 Å². The number of nitrogens with zero attached hydrogens (tertiary/aromatic N) is 1. The molecule has 0 spiro atoms. The lowest BCUT2D eigenvalue weighted by molar-refractivity contribution is 0.0270. The molecule has 2 aromatic carbocycles. The monoisotopic (exact) mass is 482 g/mol. The number of nitrogens with one attached hydrogen (secondary N) is 2. The van der Waals surface area contributed by atoms with Crippen molar-refractivity contribution in [2.45, 2.75) is 38.8 Å². The molecule has 0 aliphatic heterocycles. The third kappa shape index (κ3) is 7.99. The number of rotatable bonds is 12. The Balaban J connectivity index is 1.58. The maximum Gasteiger partial charge on any atom is 0.417 e. The first-order valence-electron chi connectivity index (χ1n) is 11.6. The topological polar surface area (TPSA) is 164 Å². The van der Waals surface area contributed by atoms with Gasteiger partial charge in [-0.2, -0.15) is 0 Å². The van der Waals surface area contributed by atoms with Crippen LogP contribution < -0.4 is 32.0 Å². The first-order chi connectivity index (χ1) is 16.9. The van der Waals surface area contributed by atoms with Crippen molar-refractivity contribution in [3.63, 3.8) is 0 Å². The quantitative estimate of drug-likeness (QED) is 0.244. The van der Waals surface area contributed by atoms with E-state index in [1.165, 1.54) is 0 Å². The van der Waals surface area contributed by atoms with Gasteiger partial charge in [0.05, 0.1) is 18.5 Å². The fourth-order valence-electron chi connectivity index (χ4n) is 3.39. The molecule has 188 valence electrons. The van der Waals surface area contributed by atoms with Crippen LogP contribution in [0.25, 0.3) is 0 Å². The van der Waals surface area contributed by atoms with Crippen molar-refractivity contribution in [3.05, 3.63) is 65.5 Å². The van der Waals surface area contributed by atoms with Crippen molar-refractivity contribution in [1.82, 2.24) is 9.97 Å². The van der Waals surface area contributed by atoms with Crippen LogP contribution in [0.3, 0.4) is 0 Å². The normalized spacial score (nSPS) is 11.9. The minimum absolute atomic E-state index is 0.212. The zero-order chi connectivity index (χ0) is 25.2. The van der Waals surface area contributed by atoms with Crippen molar-refractivity contribution in [1.29, 1.82) is 0 Å². The number of imidazole rings is 1. The number of hydrogen-bond donors (Lipinski definition) is 5. The van der Waals surface area contributed by atoms with Crippen LogP contribution in [0.4, 0.5) is 16.4 Å². The highest BCUT2D eigenvalue weighted by molar-refractivity contribution is 5.86. The van der Waals surface area contributed by atoms with Gasteiger partial charge in [-0.3, -0.25) is 5.32 Å². The Hall–Kier alpha value is -3.60. The van der Waals surface area contributed by atoms with E-state index in [4.69, 9.17) is 31.4 Å². The van der Waals surface area contributed by atoms with Crippen LogP contribution in [-0.4, -0.2) is 35.8 Å². The smallest absolute Gasteiger partial charge is 0.417 e. The summed E-state index contributed by atoms with van der Waals surface area (Å²) in [5.74, 6) is 1.51. The van der Waals surface area contributed by atoms with E-state index in [0.29, 0.717) is 55.9 Å². The molecule has 1 heterocycles. The summed E-state index contributed by atoms with van der Waals surface area (Å²) in [4.78, 5) is 19.4. The summed E-state index contributed by atoms with van der Waals surface area (Å²) in [5.41, 5.74) is 20.3. The lowest BCUT2D eigenvalue weighted by Gasteiger charge is -2.17. The average molecular weight is 483 g/mol. The van der Waals surface area contributed by atoms with E-state index in [-0.39, 0.29) is 12.0 Å². The zero-order valence-electron chi connectivity index (χ0n) is 20.1. The number of amides is 1. The molecule has 0 fully saturated rings. The molecule has 1 unspecified atom stereocenters. The van der Waals surface area contributed by atoms with Crippen LogP contribution in [0.2, 0.25) is 0 Å². The van der Waals surface area contributed by atoms with Crippen molar-refractivity contribution < 1.29 is 19.0 Å². The fraction of sp³-hybridized carbons (Fsp3) is 0.360. The maximum absolute atomic E-state index is 12.4. The van der Waals surface area contributed by atoms with Crippen molar-refractivity contribution in [3.8, 4) is 11.5 Å². The van der Waals surface area contributed by atoms with Gasteiger partial charge in [-0.05, 0) is 54.3 Å². The molecule has 0 radical (unpaired) electrons. The Morgan fingerprint density at radius 2 is 1.83 bits per heavy atom. The molecule has 0 aliphatic rings. The van der Waals surface area contributed by atoms with Crippen LogP contribution in [0.1, 0.15) is 49.1 Å². The summed E-state index contributed by atoms with van der Waals surface area (Å²) in [5, 5.41) is 2.71. The molecule has 8 N–H and O–H groups in total. The molecular formula is C25H34N6O4. The van der Waals surface area contributed by atoms with Gasteiger partial charge in [-0.15, -0.1) is 0 Å². The van der Waals surface area contributed by atoms with E-state index in [2.05, 4.69) is 29.1 Å². The SMILES string of the molecule is CC(C)c1cc(OCCOC(CCN)c2cnc(N)[nH]2)cc(OC(=O)Nc2ccc(CN)cc2)c1. The van der Waals surface area contributed by atoms with Gasteiger partial charge >= 0.3 is 6.09 Å². The molecular weight excluding hydrogens is 448 g/mol. The molecule has 10 heteroatoms. The third-order valence-electron chi connectivity index (χ3n) is 5.28. The molecule has 10 nitrogen and oxygen atoms in total. The number of hydrogen-bond acceptors (Lipinski definition) is 8. The summed E-state index contributed by atoms with van der Waals surface area (Å²) in [7, 11) is 0. The van der Waals surface area contributed by atoms with E-state index in [1.807, 2.05) is 24.3 Å². The Bertz CT molecular complexity index is 1080. The minimum Gasteiger partial charge on any atom is -0.491 e. The largest absolute Gasteiger partial charge is 0.491 e. The van der Waals surface area contributed by atoms with Crippen LogP contribution in [0, 0.1) is 0 Å². The standard InChI is InChI=1S/C25H34N6O4/c1-16(2)18-11-20(33-9-10-34-23(7-8-26)22-15-29-24(28)31-22)13-21(12-18)35-25(32)30-19-5-3-17(14-27)4-6-19/h3-6,11-13,15-16,23H,7-10,14,26-27H2,1-2H3,(H,30,32)(H3,28,29,31). The average Bonchev–Trinajstić information content (AvgIpc) is 3.27. The highest BCUT2D eigenvalue weighted by Crippen LogP contribution is 2.28. The fourth-order valence-corrected chi connectivity index (χ4v) is 3.39. The number of nitrogen functional groups attached to an aromatic ring is 1. The lowest BCUT2D eigenvalue weighted by atomic mass is 10.0. The Kier molecular flexibility index (Phi) is 9.47. The zero-order valence-corrected chi connectivity index (χ0v) is 20.1. The molecule has 1 aromatic heterocycles. The predicted molar refractivity (Wildman–Crippen MR) is 135 cm³/mol. The Labute approximate surface area is 205 Å². The second-order valence-corrected chi connectivity index (χ2v) is 8.32. The molecule has 0 saturated carbocycles. The molecule has 35 heavy (non-hydrogen) atoms. The van der Waals surface area contributed by atoms with Crippen LogP contribution in [-0.2, 0) is 11.3 Å². The first kappa shape index (κ1) is 26.0. The Morgan fingerprint density at radius 1 is 1.09 bits per heavy atom. The molecule has 0 bridgehead atoms. The van der Waals surface area contributed by atoms with E-state index >= 15 is 0 Å². The maximum atomic E-state index is 12.4. The van der Waals surface area contributed by atoms with Gasteiger partial charge in [0.15, 0.2) is 5.95 Å². The number of aromatic nitrogens is 2. The van der Waals surface area contributed by atoms with Crippen molar-refractivity contribution in [2.75, 3.05) is 30.8 Å². The van der Waals surface area contributed by atoms with Gasteiger partial charge < -0.3 is 36.4 Å². The van der Waals surface area contributed by atoms with Crippen LogP contribution in [0.5, 0.6) is 11.5 Å². The van der Waals surface area contributed by atoms with E-state index in [1.54, 1.807) is 24.4 Å². The van der Waals surface area contributed by atoms with E-state index < -0.39 is 6.09 Å². The van der Waals surface area contributed by atoms with Gasteiger partial charge in [0.1, 0.15) is 24.2 Å². The Morgan fingerprint density at radius 3 is 2.46 bits per heavy atom. The van der Waals surface area contributed by atoms with Crippen molar-refractivity contribution in [2.24, 2.45) is 11.5 Å². The number of aromatic amines is 1. The second-order valence-electron chi connectivity index (χ2n) is 8.32. The molecule has 1 atom stereocenters. The summed E-state index contributed by atoms with van der Waals surface area (Å²) < 4.78 is 17.3. The third-order valence-corrected chi connectivity index (χ3v) is 5.28. The van der Waals surface area contributed by atoms with Gasteiger partial charge in [0.25, 0.3) is 0 Å². The highest BCUT2D eigenvalue weighted by atomic mass is 16.6. The number of benzene rings is 2. The number of anilines is 2. The molecule has 3 rings (SSSR count). The number of carbonyl (C=O) groups excluding carboxylic acids is 1. The summed E-state index contributed by atoms with van der Waals surface area (Å²) >= 11 is 0. The second kappa shape index (κ2) is 12.7. The van der Waals surface area contributed by atoms with Gasteiger partial charge in [0, 0.05) is 18.3 Å². The molecule has 0 saturated heterocycles. The number of H-pyrrole nitrogens is 1. The number of ether oxygens (including phenoxy) is 3. The van der Waals surface area contributed by atoms with E-state index in [9.17, 15) is 4.79 Å². The molecule has 1 amide bonds. The predicted octanol–water partition coefficient (Wildman–Crippen LogP) is 3.67. The minimum atomic E-state index is -0.593. The van der Waals surface area contributed by atoms with Gasteiger partial charge in [-0.1, -0.05) is 26.0 Å². The molecule has 3 aromatic rings. The van der Waals surface area contributed by atoms with Crippen LogP contribution in [0.15, 0.2) is 48.7 Å². The summed E-state index contributed by atoms with van der Waals surface area (Å²) in [6, 6.07) is 12.7. The number of carbonyl (C=O) groups is 1. The van der Waals surface area contributed by atoms with Crippen LogP contribution >= 0.6 is 0 Å². The lowest BCUT2D eigenvalue weighted by Crippen LogP contribution is -2.17. The van der Waals surface area contributed by atoms with Crippen molar-refractivity contribution >= 4 is 17.7 Å². The highest BCUT2D eigenvalue weighted by Gasteiger charge is 2.15. The number of nitrogens with two attached hydrogens (primary N) is 3. The molecule has 0 aliphatic carbocycles. The summed E-state index contributed by atoms with van der Waals surface area (Å²) in [6.07, 6.45) is 1.41. The van der Waals surface area contributed by atoms with Gasteiger partial charge in [0.2, 0.25) is 0 Å².